The van der Waals surface area contributed by atoms with Crippen molar-refractivity contribution in [2.75, 3.05) is 13.2 Å². The molecule has 82 valence electrons. The van der Waals surface area contributed by atoms with Crippen molar-refractivity contribution in [3.05, 3.63) is 0 Å². The molecular weight excluding hydrogens is 188 g/mol. The first-order valence-corrected chi connectivity index (χ1v) is 5.06. The van der Waals surface area contributed by atoms with Crippen LogP contribution in [-0.2, 0) is 4.74 Å². The zero-order valence-corrected chi connectivity index (χ0v) is 9.28. The van der Waals surface area contributed by atoms with Crippen LogP contribution in [0.25, 0.3) is 0 Å². The van der Waals surface area contributed by atoms with Crippen molar-refractivity contribution in [2.24, 2.45) is 0 Å². The maximum absolute atomic E-state index is 10.4. The zero-order chi connectivity index (χ0) is 11.4. The molecule has 0 saturated carbocycles. The zero-order valence-electron chi connectivity index (χ0n) is 9.28. The van der Waals surface area contributed by atoms with E-state index in [2.05, 4.69) is 13.8 Å². The van der Waals surface area contributed by atoms with Crippen LogP contribution in [0.2, 0.25) is 0 Å². The predicted octanol–water partition coefficient (Wildman–Crippen LogP) is 3.28. The Morgan fingerprint density at radius 3 is 1.50 bits per heavy atom. The molecule has 0 heterocycles. The van der Waals surface area contributed by atoms with Crippen molar-refractivity contribution in [1.82, 2.24) is 0 Å². The first kappa shape index (κ1) is 16.8. The Morgan fingerprint density at radius 1 is 1.00 bits per heavy atom. The fraction of sp³-hybridized carbons (Fsp3) is 1.00. The number of hydrogen-bond donors (Lipinski definition) is 0. The standard InChI is InChI=1S/C8H18O.CF3.Li/c1-3-5-7-9-8-6-4-2;2-1(3)4;/h3-8H2,1-2H3;;. The van der Waals surface area contributed by atoms with E-state index in [-0.39, 0.29) is 17.7 Å². The molecule has 14 heavy (non-hydrogen) atoms. The summed E-state index contributed by atoms with van der Waals surface area (Å²) in [6, 6.07) is 0. The molecule has 0 aromatic rings. The van der Waals surface area contributed by atoms with Crippen LogP contribution in [0.1, 0.15) is 39.5 Å². The van der Waals surface area contributed by atoms with Gasteiger partial charge in [-0.3, -0.25) is 0 Å². The van der Waals surface area contributed by atoms with Gasteiger partial charge in [-0.15, -0.1) is 0 Å². The fourth-order valence-electron chi connectivity index (χ4n) is 0.595. The number of ether oxygens (including phenoxy) is 1. The van der Waals surface area contributed by atoms with Crippen molar-refractivity contribution < 1.29 is 17.9 Å². The van der Waals surface area contributed by atoms with Crippen LogP contribution < -0.4 is 0 Å². The van der Waals surface area contributed by atoms with Crippen LogP contribution in [0.3, 0.4) is 0 Å². The van der Waals surface area contributed by atoms with Gasteiger partial charge in [-0.25, -0.2) is 0 Å². The second kappa shape index (κ2) is 11.4. The average molecular weight is 206 g/mol. The van der Waals surface area contributed by atoms with Gasteiger partial charge in [0.05, 0.1) is 0 Å². The third-order valence-corrected chi connectivity index (χ3v) is 1.28. The topological polar surface area (TPSA) is 9.23 Å². The minimum atomic E-state index is -4.00. The Labute approximate surface area is 93.6 Å². The number of unbranched alkanes of at least 4 members (excludes halogenated alkanes) is 2. The van der Waals surface area contributed by atoms with Gasteiger partial charge in [0.25, 0.3) is 0 Å². The molecule has 1 nitrogen and oxygen atoms in total. The Morgan fingerprint density at radius 2 is 1.29 bits per heavy atom. The van der Waals surface area contributed by atoms with E-state index < -0.39 is 4.85 Å². The maximum atomic E-state index is 10.4. The molecule has 0 fully saturated rings. The summed E-state index contributed by atoms with van der Waals surface area (Å²) < 4.78 is 36.4. The third kappa shape index (κ3) is 39.5. The van der Waals surface area contributed by atoms with E-state index in [1.807, 2.05) is 0 Å². The van der Waals surface area contributed by atoms with Crippen LogP contribution >= 0.6 is 0 Å². The van der Waals surface area contributed by atoms with Gasteiger partial charge < -0.3 is 4.74 Å². The third-order valence-electron chi connectivity index (χ3n) is 1.28. The molecule has 0 saturated heterocycles. The summed E-state index contributed by atoms with van der Waals surface area (Å²) in [5.74, 6) is 0. The fourth-order valence-corrected chi connectivity index (χ4v) is 0.595. The van der Waals surface area contributed by atoms with E-state index in [4.69, 9.17) is 4.74 Å². The van der Waals surface area contributed by atoms with Crippen molar-refractivity contribution in [3.63, 3.8) is 0 Å². The van der Waals surface area contributed by atoms with Gasteiger partial charge in [0.15, 0.2) is 0 Å². The Kier molecular flexibility index (Phi) is 13.7. The number of halogens is 3. The van der Waals surface area contributed by atoms with Crippen molar-refractivity contribution in [1.29, 1.82) is 0 Å². The van der Waals surface area contributed by atoms with Gasteiger partial charge in [-0.1, -0.05) is 26.7 Å². The summed E-state index contributed by atoms with van der Waals surface area (Å²) in [5, 5.41) is 0. The Bertz CT molecular complexity index is 94.7. The molecule has 0 amide bonds. The van der Waals surface area contributed by atoms with Crippen molar-refractivity contribution >= 4 is 17.7 Å². The van der Waals surface area contributed by atoms with Crippen molar-refractivity contribution in [2.45, 2.75) is 44.4 Å². The molecule has 0 aromatic carbocycles. The number of alkyl halides is 3. The SMILES string of the molecule is CCCCOCCCC.[Li][C](F)(F)F. The van der Waals surface area contributed by atoms with Crippen LogP contribution in [-0.4, -0.2) is 35.8 Å². The second-order valence-electron chi connectivity index (χ2n) is 3.10. The molecule has 0 spiro atoms. The molecule has 0 aliphatic rings. The molecule has 0 N–H and O–H groups in total. The molecule has 0 radical (unpaired) electrons. The summed E-state index contributed by atoms with van der Waals surface area (Å²) in [7, 11) is 0. The molecule has 0 rings (SSSR count). The van der Waals surface area contributed by atoms with E-state index in [1.165, 1.54) is 25.7 Å². The quantitative estimate of drug-likeness (QED) is 0.478. The van der Waals surface area contributed by atoms with Gasteiger partial charge in [0.1, 0.15) is 0 Å². The van der Waals surface area contributed by atoms with Gasteiger partial charge in [0, 0.05) is 13.2 Å². The summed E-state index contributed by atoms with van der Waals surface area (Å²) in [6.07, 6.45) is 4.91. The summed E-state index contributed by atoms with van der Waals surface area (Å²) >= 11 is 0.188. The van der Waals surface area contributed by atoms with Crippen LogP contribution in [0.4, 0.5) is 13.2 Å². The molecule has 0 atom stereocenters. The van der Waals surface area contributed by atoms with Crippen LogP contribution in [0.5, 0.6) is 0 Å². The first-order chi connectivity index (χ1) is 6.41. The minimum absolute atomic E-state index is 0.188. The number of hydrogen-bond acceptors (Lipinski definition) is 1. The molecule has 0 aliphatic heterocycles. The monoisotopic (exact) mass is 206 g/mol. The Hall–Kier alpha value is 0.347. The van der Waals surface area contributed by atoms with Crippen LogP contribution in [0.15, 0.2) is 0 Å². The van der Waals surface area contributed by atoms with Crippen molar-refractivity contribution in [3.8, 4) is 0 Å². The summed E-state index contributed by atoms with van der Waals surface area (Å²) in [5.41, 5.74) is 0. The van der Waals surface area contributed by atoms with E-state index in [0.717, 1.165) is 13.2 Å². The van der Waals surface area contributed by atoms with E-state index in [9.17, 15) is 13.2 Å². The van der Waals surface area contributed by atoms with Gasteiger partial charge in [-0.05, 0) is 12.8 Å². The van der Waals surface area contributed by atoms with Gasteiger partial charge in [-0.2, -0.15) is 0 Å². The predicted molar refractivity (Wildman–Crippen MR) is 52.4 cm³/mol. The number of rotatable bonds is 6. The summed E-state index contributed by atoms with van der Waals surface area (Å²) in [4.78, 5) is -4.00. The van der Waals surface area contributed by atoms with E-state index >= 15 is 0 Å². The molecule has 5 heteroatoms. The molecule has 0 bridgehead atoms. The normalized spacial score (nSPS) is 10.8. The first-order valence-electron chi connectivity index (χ1n) is 5.06. The van der Waals surface area contributed by atoms with E-state index in [1.54, 1.807) is 0 Å². The molecule has 0 aromatic heterocycles. The average Bonchev–Trinajstić information content (AvgIpc) is 2.01. The molecule has 0 aliphatic carbocycles. The second-order valence-corrected chi connectivity index (χ2v) is 3.10. The summed E-state index contributed by atoms with van der Waals surface area (Å²) in [6.45, 7) is 6.28. The van der Waals surface area contributed by atoms with Crippen LogP contribution in [0, 0.1) is 0 Å². The molecular formula is C9H18F3LiO. The van der Waals surface area contributed by atoms with E-state index in [0.29, 0.717) is 0 Å². The Balaban J connectivity index is 0. The van der Waals surface area contributed by atoms with Gasteiger partial charge >= 0.3 is 35.7 Å². The molecule has 0 unspecified atom stereocenters. The van der Waals surface area contributed by atoms with Gasteiger partial charge in [0.2, 0.25) is 0 Å².